The molecular formula is C12H24N2O2. The Labute approximate surface area is 98.1 Å². The van der Waals surface area contributed by atoms with Crippen LogP contribution in [0.4, 0.5) is 0 Å². The Kier molecular flexibility index (Phi) is 5.22. The van der Waals surface area contributed by atoms with Gasteiger partial charge in [0.05, 0.1) is 5.60 Å². The zero-order valence-electron chi connectivity index (χ0n) is 10.6. The molecule has 0 aromatic carbocycles. The Bertz CT molecular complexity index is 220. The van der Waals surface area contributed by atoms with Gasteiger partial charge in [-0.25, -0.2) is 0 Å². The van der Waals surface area contributed by atoms with E-state index in [1.165, 1.54) is 6.42 Å². The summed E-state index contributed by atoms with van der Waals surface area (Å²) in [4.78, 5) is 11.5. The van der Waals surface area contributed by atoms with Crippen molar-refractivity contribution in [3.05, 3.63) is 0 Å². The van der Waals surface area contributed by atoms with E-state index in [1.54, 1.807) is 7.11 Å². The second-order valence-electron chi connectivity index (χ2n) is 4.88. The van der Waals surface area contributed by atoms with E-state index >= 15 is 0 Å². The predicted molar refractivity (Wildman–Crippen MR) is 64.4 cm³/mol. The molecule has 0 heterocycles. The van der Waals surface area contributed by atoms with Crippen LogP contribution in [0.15, 0.2) is 0 Å². The van der Waals surface area contributed by atoms with Gasteiger partial charge in [0.15, 0.2) is 0 Å². The Balaban J connectivity index is 2.10. The van der Waals surface area contributed by atoms with Gasteiger partial charge in [-0.1, -0.05) is 13.8 Å². The molecule has 1 fully saturated rings. The van der Waals surface area contributed by atoms with Crippen molar-refractivity contribution >= 4 is 5.91 Å². The molecule has 0 aromatic heterocycles. The SMILES string of the molecule is COC1(CNC(=O)CCNC(C)C)CCC1. The molecule has 1 aliphatic rings. The van der Waals surface area contributed by atoms with E-state index in [1.807, 2.05) is 0 Å². The average Bonchev–Trinajstić information content (AvgIpc) is 2.16. The van der Waals surface area contributed by atoms with E-state index in [-0.39, 0.29) is 11.5 Å². The topological polar surface area (TPSA) is 50.4 Å². The Morgan fingerprint density at radius 3 is 2.56 bits per heavy atom. The van der Waals surface area contributed by atoms with Crippen LogP contribution >= 0.6 is 0 Å². The molecule has 0 radical (unpaired) electrons. The predicted octanol–water partition coefficient (Wildman–Crippen LogP) is 1.06. The summed E-state index contributed by atoms with van der Waals surface area (Å²) >= 11 is 0. The lowest BCUT2D eigenvalue weighted by Gasteiger charge is -2.40. The van der Waals surface area contributed by atoms with E-state index < -0.39 is 0 Å². The monoisotopic (exact) mass is 228 g/mol. The highest BCUT2D eigenvalue weighted by atomic mass is 16.5. The smallest absolute Gasteiger partial charge is 0.221 e. The second-order valence-corrected chi connectivity index (χ2v) is 4.88. The van der Waals surface area contributed by atoms with Gasteiger partial charge in [0.2, 0.25) is 5.91 Å². The zero-order chi connectivity index (χ0) is 12.0. The van der Waals surface area contributed by atoms with Crippen molar-refractivity contribution in [1.82, 2.24) is 10.6 Å². The van der Waals surface area contributed by atoms with E-state index in [2.05, 4.69) is 24.5 Å². The molecule has 0 aromatic rings. The third kappa shape index (κ3) is 4.10. The van der Waals surface area contributed by atoms with Gasteiger partial charge in [-0.3, -0.25) is 4.79 Å². The number of rotatable bonds is 7. The minimum atomic E-state index is -0.0683. The van der Waals surface area contributed by atoms with Crippen LogP contribution in [-0.2, 0) is 9.53 Å². The van der Waals surface area contributed by atoms with Crippen molar-refractivity contribution in [3.63, 3.8) is 0 Å². The first-order chi connectivity index (χ1) is 7.58. The molecule has 1 aliphatic carbocycles. The maximum Gasteiger partial charge on any atom is 0.221 e. The summed E-state index contributed by atoms with van der Waals surface area (Å²) in [6.45, 7) is 5.55. The van der Waals surface area contributed by atoms with Crippen molar-refractivity contribution in [1.29, 1.82) is 0 Å². The van der Waals surface area contributed by atoms with Gasteiger partial charge in [0.1, 0.15) is 0 Å². The standard InChI is InChI=1S/C12H24N2O2/c1-10(2)13-8-5-11(15)14-9-12(16-3)6-4-7-12/h10,13H,4-9H2,1-3H3,(H,14,15). The third-order valence-corrected chi connectivity index (χ3v) is 3.21. The Morgan fingerprint density at radius 1 is 1.44 bits per heavy atom. The molecule has 0 bridgehead atoms. The maximum absolute atomic E-state index is 11.5. The van der Waals surface area contributed by atoms with Gasteiger partial charge in [0, 0.05) is 32.7 Å². The third-order valence-electron chi connectivity index (χ3n) is 3.21. The minimum Gasteiger partial charge on any atom is -0.376 e. The number of hydrogen-bond acceptors (Lipinski definition) is 3. The number of ether oxygens (including phenoxy) is 1. The molecule has 1 rings (SSSR count). The molecule has 16 heavy (non-hydrogen) atoms. The van der Waals surface area contributed by atoms with Crippen LogP contribution in [0.1, 0.15) is 39.5 Å². The summed E-state index contributed by atoms with van der Waals surface area (Å²) in [6.07, 6.45) is 3.87. The van der Waals surface area contributed by atoms with E-state index in [0.717, 1.165) is 19.4 Å². The molecule has 0 unspecified atom stereocenters. The molecule has 94 valence electrons. The number of carbonyl (C=O) groups excluding carboxylic acids is 1. The largest absolute Gasteiger partial charge is 0.376 e. The number of carbonyl (C=O) groups is 1. The molecule has 4 heteroatoms. The highest BCUT2D eigenvalue weighted by molar-refractivity contribution is 5.76. The van der Waals surface area contributed by atoms with Gasteiger partial charge in [-0.2, -0.15) is 0 Å². The van der Waals surface area contributed by atoms with Gasteiger partial charge in [-0.15, -0.1) is 0 Å². The fourth-order valence-electron chi connectivity index (χ4n) is 1.85. The summed E-state index contributed by atoms with van der Waals surface area (Å²) in [5.41, 5.74) is -0.0683. The fraction of sp³-hybridized carbons (Fsp3) is 0.917. The first kappa shape index (κ1) is 13.5. The van der Waals surface area contributed by atoms with Crippen LogP contribution in [0, 0.1) is 0 Å². The van der Waals surface area contributed by atoms with Crippen molar-refractivity contribution in [2.24, 2.45) is 0 Å². The highest BCUT2D eigenvalue weighted by Gasteiger charge is 2.36. The average molecular weight is 228 g/mol. The van der Waals surface area contributed by atoms with Crippen molar-refractivity contribution in [2.75, 3.05) is 20.2 Å². The lowest BCUT2D eigenvalue weighted by atomic mass is 9.80. The molecule has 2 N–H and O–H groups in total. The Morgan fingerprint density at radius 2 is 2.12 bits per heavy atom. The van der Waals surface area contributed by atoms with Crippen molar-refractivity contribution in [3.8, 4) is 0 Å². The highest BCUT2D eigenvalue weighted by Crippen LogP contribution is 2.34. The zero-order valence-corrected chi connectivity index (χ0v) is 10.6. The molecular weight excluding hydrogens is 204 g/mol. The van der Waals surface area contributed by atoms with Crippen LogP contribution in [0.3, 0.4) is 0 Å². The van der Waals surface area contributed by atoms with Crippen LogP contribution < -0.4 is 10.6 Å². The summed E-state index contributed by atoms with van der Waals surface area (Å²) < 4.78 is 5.44. The molecule has 1 amide bonds. The van der Waals surface area contributed by atoms with Crippen molar-refractivity contribution in [2.45, 2.75) is 51.2 Å². The molecule has 0 spiro atoms. The summed E-state index contributed by atoms with van der Waals surface area (Å²) in [7, 11) is 1.73. The first-order valence-electron chi connectivity index (χ1n) is 6.13. The molecule has 0 saturated heterocycles. The maximum atomic E-state index is 11.5. The van der Waals surface area contributed by atoms with Crippen LogP contribution in [0.2, 0.25) is 0 Å². The summed E-state index contributed by atoms with van der Waals surface area (Å²) in [5.74, 6) is 0.108. The fourth-order valence-corrected chi connectivity index (χ4v) is 1.85. The molecule has 4 nitrogen and oxygen atoms in total. The second kappa shape index (κ2) is 6.21. The van der Waals surface area contributed by atoms with Gasteiger partial charge < -0.3 is 15.4 Å². The molecule has 0 atom stereocenters. The van der Waals surface area contributed by atoms with E-state index in [0.29, 0.717) is 19.0 Å². The number of nitrogens with one attached hydrogen (secondary N) is 2. The normalized spacial score (nSPS) is 18.2. The summed E-state index contributed by atoms with van der Waals surface area (Å²) in [5, 5.41) is 6.17. The van der Waals surface area contributed by atoms with Gasteiger partial charge in [-0.05, 0) is 19.3 Å². The number of amides is 1. The molecule has 1 saturated carbocycles. The quantitative estimate of drug-likeness (QED) is 0.685. The summed E-state index contributed by atoms with van der Waals surface area (Å²) in [6, 6.07) is 0.435. The minimum absolute atomic E-state index is 0.0683. The van der Waals surface area contributed by atoms with Crippen LogP contribution in [0.25, 0.3) is 0 Å². The molecule has 0 aliphatic heterocycles. The lowest BCUT2D eigenvalue weighted by molar-refractivity contribution is -0.124. The van der Waals surface area contributed by atoms with E-state index in [9.17, 15) is 4.79 Å². The Hall–Kier alpha value is -0.610. The van der Waals surface area contributed by atoms with Gasteiger partial charge in [0.25, 0.3) is 0 Å². The van der Waals surface area contributed by atoms with Crippen molar-refractivity contribution < 1.29 is 9.53 Å². The lowest BCUT2D eigenvalue weighted by Crippen LogP contribution is -2.49. The van der Waals surface area contributed by atoms with Gasteiger partial charge >= 0.3 is 0 Å². The van der Waals surface area contributed by atoms with Crippen LogP contribution in [-0.4, -0.2) is 37.7 Å². The van der Waals surface area contributed by atoms with E-state index in [4.69, 9.17) is 4.74 Å². The number of hydrogen-bond donors (Lipinski definition) is 2. The number of methoxy groups -OCH3 is 1. The van der Waals surface area contributed by atoms with Crippen LogP contribution in [0.5, 0.6) is 0 Å². The first-order valence-corrected chi connectivity index (χ1v) is 6.13.